The Morgan fingerprint density at radius 2 is 1.65 bits per heavy atom. The highest BCUT2D eigenvalue weighted by atomic mass is 16.5. The molecule has 0 fully saturated rings. The van der Waals surface area contributed by atoms with Gasteiger partial charge in [0.15, 0.2) is 6.61 Å². The van der Waals surface area contributed by atoms with E-state index < -0.39 is 18.5 Å². The van der Waals surface area contributed by atoms with Crippen LogP contribution in [0.4, 0.5) is 11.6 Å². The summed E-state index contributed by atoms with van der Waals surface area (Å²) in [7, 11) is 0. The van der Waals surface area contributed by atoms with Gasteiger partial charge in [0.1, 0.15) is 0 Å². The molecule has 0 radical (unpaired) electrons. The van der Waals surface area contributed by atoms with Crippen molar-refractivity contribution in [3.8, 4) is 0 Å². The smallest absolute Gasteiger partial charge is 0.340 e. The number of carbonyl (C=O) groups excluding carboxylic acids is 3. The summed E-state index contributed by atoms with van der Waals surface area (Å²) >= 11 is 0. The summed E-state index contributed by atoms with van der Waals surface area (Å²) in [4.78, 5) is 37.0. The summed E-state index contributed by atoms with van der Waals surface area (Å²) in [6, 6.07) is 16.6. The van der Waals surface area contributed by atoms with Crippen molar-refractivity contribution in [2.24, 2.45) is 0 Å². The third kappa shape index (κ3) is 5.79. The Kier molecular flexibility index (Phi) is 6.49. The van der Waals surface area contributed by atoms with Crippen LogP contribution in [0.25, 0.3) is 0 Å². The molecule has 8 nitrogen and oxygen atoms in total. The van der Waals surface area contributed by atoms with E-state index in [9.17, 15) is 14.4 Å². The van der Waals surface area contributed by atoms with Crippen LogP contribution < -0.4 is 10.6 Å². The molecule has 3 aromatic rings. The zero-order valence-corrected chi connectivity index (χ0v) is 17.5. The van der Waals surface area contributed by atoms with Gasteiger partial charge in [0.25, 0.3) is 11.8 Å². The Hall–Kier alpha value is -3.94. The van der Waals surface area contributed by atoms with Gasteiger partial charge >= 0.3 is 5.97 Å². The van der Waals surface area contributed by atoms with E-state index in [0.717, 1.165) is 0 Å². The quantitative estimate of drug-likeness (QED) is 0.582. The van der Waals surface area contributed by atoms with Crippen LogP contribution in [0.5, 0.6) is 0 Å². The molecule has 3 rings (SSSR count). The normalized spacial score (nSPS) is 10.9. The van der Waals surface area contributed by atoms with Gasteiger partial charge < -0.3 is 14.6 Å². The molecule has 0 spiro atoms. The number of anilines is 2. The van der Waals surface area contributed by atoms with Gasteiger partial charge in [-0.05, 0) is 24.3 Å². The molecule has 2 aromatic carbocycles. The SMILES string of the molecule is CC(C)(C)c1cc(NC(=O)COC(=O)c2ccccc2NC(=O)c2ccccc2)on1. The predicted molar refractivity (Wildman–Crippen MR) is 115 cm³/mol. The summed E-state index contributed by atoms with van der Waals surface area (Å²) in [6.07, 6.45) is 0. The molecular weight excluding hydrogens is 398 g/mol. The minimum Gasteiger partial charge on any atom is -0.452 e. The van der Waals surface area contributed by atoms with E-state index in [-0.39, 0.29) is 28.5 Å². The number of carbonyl (C=O) groups is 3. The molecule has 0 unspecified atom stereocenters. The number of amides is 2. The van der Waals surface area contributed by atoms with Gasteiger partial charge in [-0.3, -0.25) is 14.9 Å². The maximum absolute atomic E-state index is 12.5. The van der Waals surface area contributed by atoms with Crippen LogP contribution in [0.2, 0.25) is 0 Å². The molecule has 0 atom stereocenters. The van der Waals surface area contributed by atoms with E-state index in [1.54, 1.807) is 54.6 Å². The van der Waals surface area contributed by atoms with Crippen LogP contribution in [0.3, 0.4) is 0 Å². The van der Waals surface area contributed by atoms with Gasteiger partial charge in [-0.2, -0.15) is 0 Å². The van der Waals surface area contributed by atoms with Crippen molar-refractivity contribution in [3.05, 3.63) is 77.5 Å². The van der Waals surface area contributed by atoms with Gasteiger partial charge in [-0.15, -0.1) is 0 Å². The number of esters is 1. The Balaban J connectivity index is 1.60. The minimum atomic E-state index is -0.743. The summed E-state index contributed by atoms with van der Waals surface area (Å²) < 4.78 is 10.2. The molecule has 1 heterocycles. The van der Waals surface area contributed by atoms with Gasteiger partial charge in [-0.1, -0.05) is 56.3 Å². The van der Waals surface area contributed by atoms with Gasteiger partial charge in [0.05, 0.1) is 16.9 Å². The molecule has 8 heteroatoms. The molecule has 0 saturated carbocycles. The number of benzene rings is 2. The highest BCUT2D eigenvalue weighted by Crippen LogP contribution is 2.23. The Labute approximate surface area is 179 Å². The molecule has 160 valence electrons. The number of nitrogens with one attached hydrogen (secondary N) is 2. The summed E-state index contributed by atoms with van der Waals surface area (Å²) in [6.45, 7) is 5.37. The van der Waals surface area contributed by atoms with Crippen molar-refractivity contribution in [2.75, 3.05) is 17.2 Å². The van der Waals surface area contributed by atoms with Crippen molar-refractivity contribution < 1.29 is 23.6 Å². The second-order valence-corrected chi connectivity index (χ2v) is 7.82. The number of para-hydroxylation sites is 1. The number of rotatable bonds is 6. The predicted octanol–water partition coefficient (Wildman–Crippen LogP) is 4.02. The molecule has 0 saturated heterocycles. The van der Waals surface area contributed by atoms with E-state index in [1.807, 2.05) is 20.8 Å². The molecule has 0 bridgehead atoms. The van der Waals surface area contributed by atoms with Crippen molar-refractivity contribution in [2.45, 2.75) is 26.2 Å². The van der Waals surface area contributed by atoms with E-state index in [4.69, 9.17) is 9.26 Å². The van der Waals surface area contributed by atoms with E-state index in [2.05, 4.69) is 15.8 Å². The van der Waals surface area contributed by atoms with E-state index in [1.165, 1.54) is 6.07 Å². The first-order valence-corrected chi connectivity index (χ1v) is 9.63. The lowest BCUT2D eigenvalue weighted by Gasteiger charge is -2.12. The summed E-state index contributed by atoms with van der Waals surface area (Å²) in [5, 5.41) is 9.09. The summed E-state index contributed by atoms with van der Waals surface area (Å²) in [5.74, 6) is -1.51. The number of ether oxygens (including phenoxy) is 1. The Bertz CT molecular complexity index is 1080. The van der Waals surface area contributed by atoms with Crippen molar-refractivity contribution in [1.82, 2.24) is 5.16 Å². The largest absolute Gasteiger partial charge is 0.452 e. The van der Waals surface area contributed by atoms with Crippen LogP contribution in [-0.2, 0) is 14.9 Å². The highest BCUT2D eigenvalue weighted by molar-refractivity contribution is 6.08. The second-order valence-electron chi connectivity index (χ2n) is 7.82. The number of hydrogen-bond donors (Lipinski definition) is 2. The van der Waals surface area contributed by atoms with Crippen LogP contribution >= 0.6 is 0 Å². The summed E-state index contributed by atoms with van der Waals surface area (Å²) in [5.41, 5.74) is 1.32. The van der Waals surface area contributed by atoms with Crippen LogP contribution in [-0.4, -0.2) is 29.5 Å². The first-order valence-electron chi connectivity index (χ1n) is 9.63. The first kappa shape index (κ1) is 21.8. The van der Waals surface area contributed by atoms with Gasteiger partial charge in [-0.25, -0.2) is 4.79 Å². The van der Waals surface area contributed by atoms with Gasteiger partial charge in [0, 0.05) is 17.0 Å². The van der Waals surface area contributed by atoms with Gasteiger partial charge in [0.2, 0.25) is 5.88 Å². The number of nitrogens with zero attached hydrogens (tertiary/aromatic N) is 1. The molecule has 31 heavy (non-hydrogen) atoms. The fraction of sp³-hybridized carbons (Fsp3) is 0.217. The lowest BCUT2D eigenvalue weighted by molar-refractivity contribution is -0.119. The molecule has 0 aliphatic rings. The van der Waals surface area contributed by atoms with Crippen LogP contribution in [0, 0.1) is 0 Å². The molecule has 0 aliphatic carbocycles. The van der Waals surface area contributed by atoms with Crippen LogP contribution in [0.15, 0.2) is 65.2 Å². The highest BCUT2D eigenvalue weighted by Gasteiger charge is 2.20. The van der Waals surface area contributed by atoms with Crippen molar-refractivity contribution >= 4 is 29.4 Å². The lowest BCUT2D eigenvalue weighted by atomic mass is 9.92. The third-order valence-electron chi connectivity index (χ3n) is 4.31. The monoisotopic (exact) mass is 421 g/mol. The van der Waals surface area contributed by atoms with E-state index >= 15 is 0 Å². The molecule has 2 amide bonds. The maximum Gasteiger partial charge on any atom is 0.340 e. The van der Waals surface area contributed by atoms with Crippen molar-refractivity contribution in [3.63, 3.8) is 0 Å². The number of aromatic nitrogens is 1. The fourth-order valence-electron chi connectivity index (χ4n) is 2.62. The maximum atomic E-state index is 12.5. The topological polar surface area (TPSA) is 111 Å². The fourth-order valence-corrected chi connectivity index (χ4v) is 2.62. The Morgan fingerprint density at radius 3 is 2.32 bits per heavy atom. The molecule has 2 N–H and O–H groups in total. The average Bonchev–Trinajstić information content (AvgIpc) is 3.22. The first-order chi connectivity index (χ1) is 14.7. The average molecular weight is 421 g/mol. The van der Waals surface area contributed by atoms with Crippen molar-refractivity contribution in [1.29, 1.82) is 0 Å². The zero-order chi connectivity index (χ0) is 22.4. The molecular formula is C23H23N3O5. The third-order valence-corrected chi connectivity index (χ3v) is 4.31. The molecule has 0 aliphatic heterocycles. The van der Waals surface area contributed by atoms with E-state index in [0.29, 0.717) is 11.3 Å². The number of hydrogen-bond acceptors (Lipinski definition) is 6. The minimum absolute atomic E-state index is 0.134. The second kappa shape index (κ2) is 9.25. The van der Waals surface area contributed by atoms with Crippen LogP contribution in [0.1, 0.15) is 47.2 Å². The molecule has 1 aromatic heterocycles. The zero-order valence-electron chi connectivity index (χ0n) is 17.5. The Morgan fingerprint density at radius 1 is 0.968 bits per heavy atom. The lowest BCUT2D eigenvalue weighted by Crippen LogP contribution is -2.22. The standard InChI is InChI=1S/C23H23N3O5/c1-23(2,3)18-13-20(31-26-18)25-19(27)14-30-22(29)16-11-7-8-12-17(16)24-21(28)15-9-5-4-6-10-15/h4-13H,14H2,1-3H3,(H,24,28)(H,25,27).